The van der Waals surface area contributed by atoms with Crippen molar-refractivity contribution < 1.29 is 17.2 Å². The molecule has 0 amide bonds. The zero-order valence-corrected chi connectivity index (χ0v) is 12.8. The minimum Gasteiger partial charge on any atom is -0.295 e. The summed E-state index contributed by atoms with van der Waals surface area (Å²) < 4.78 is 50.7. The fourth-order valence-electron chi connectivity index (χ4n) is 2.42. The Hall–Kier alpha value is -1.56. The van der Waals surface area contributed by atoms with Gasteiger partial charge in [0.2, 0.25) is 10.0 Å². The van der Waals surface area contributed by atoms with Crippen molar-refractivity contribution in [1.29, 1.82) is 5.26 Å². The van der Waals surface area contributed by atoms with Crippen molar-refractivity contribution in [3.05, 3.63) is 35.4 Å². The van der Waals surface area contributed by atoms with Crippen LogP contribution in [0.1, 0.15) is 11.1 Å². The zero-order chi connectivity index (χ0) is 16.2. The first-order chi connectivity index (χ1) is 10.4. The van der Waals surface area contributed by atoms with Crippen molar-refractivity contribution >= 4 is 10.0 Å². The van der Waals surface area contributed by atoms with Crippen LogP contribution >= 0.6 is 0 Å². The average molecular weight is 329 g/mol. The molecule has 0 saturated carbocycles. The number of rotatable bonds is 5. The van der Waals surface area contributed by atoms with Crippen LogP contribution in [0.2, 0.25) is 0 Å². The summed E-state index contributed by atoms with van der Waals surface area (Å²) in [4.78, 5) is 1.56. The fraction of sp³-hybridized carbons (Fsp3) is 0.500. The maximum Gasteiger partial charge on any atom is 0.251 e. The molecule has 1 aliphatic rings. The maximum atomic E-state index is 12.4. The van der Waals surface area contributed by atoms with E-state index in [1.165, 1.54) is 4.31 Å². The molecule has 0 spiro atoms. The van der Waals surface area contributed by atoms with Gasteiger partial charge in [-0.1, -0.05) is 12.1 Å². The molecule has 0 N–H and O–H groups in total. The summed E-state index contributed by atoms with van der Waals surface area (Å²) in [5, 5.41) is 8.83. The van der Waals surface area contributed by atoms with Crippen LogP contribution in [-0.2, 0) is 15.8 Å². The number of piperazine rings is 1. The Morgan fingerprint density at radius 3 is 2.50 bits per heavy atom. The third-order valence-corrected chi connectivity index (χ3v) is 5.38. The number of nitrogens with zero attached hydrogens (tertiary/aromatic N) is 3. The largest absolute Gasteiger partial charge is 0.295 e. The fourth-order valence-corrected chi connectivity index (χ4v) is 3.92. The molecule has 1 aromatic carbocycles. The minimum absolute atomic E-state index is 0.183. The molecule has 8 heteroatoms. The van der Waals surface area contributed by atoms with Gasteiger partial charge in [-0.3, -0.25) is 4.90 Å². The highest BCUT2D eigenvalue weighted by molar-refractivity contribution is 7.88. The van der Waals surface area contributed by atoms with E-state index in [2.05, 4.69) is 0 Å². The van der Waals surface area contributed by atoms with Crippen LogP contribution in [0.25, 0.3) is 0 Å². The van der Waals surface area contributed by atoms with E-state index in [9.17, 15) is 17.2 Å². The lowest BCUT2D eigenvalue weighted by Crippen LogP contribution is -2.49. The summed E-state index contributed by atoms with van der Waals surface area (Å²) in [5.41, 5.74) is 0.962. The normalized spacial score (nSPS) is 17.5. The van der Waals surface area contributed by atoms with Gasteiger partial charge in [-0.15, -0.1) is 0 Å². The van der Waals surface area contributed by atoms with Crippen LogP contribution in [0.15, 0.2) is 24.3 Å². The summed E-state index contributed by atoms with van der Waals surface area (Å²) in [5.74, 6) is -0.183. The van der Waals surface area contributed by atoms with Gasteiger partial charge < -0.3 is 0 Å². The second kappa shape index (κ2) is 7.13. The molecule has 0 unspecified atom stereocenters. The Kier molecular flexibility index (Phi) is 5.45. The summed E-state index contributed by atoms with van der Waals surface area (Å²) in [7, 11) is -3.50. The molecule has 2 rings (SSSR count). The maximum absolute atomic E-state index is 12.4. The number of hydrogen-bond acceptors (Lipinski definition) is 4. The summed E-state index contributed by atoms with van der Waals surface area (Å²) in [6.07, 6.45) is -2.41. The monoisotopic (exact) mass is 329 g/mol. The smallest absolute Gasteiger partial charge is 0.251 e. The molecule has 0 aliphatic carbocycles. The second-order valence-corrected chi connectivity index (χ2v) is 7.13. The Balaban J connectivity index is 1.98. The number of nitriles is 1. The molecule has 1 aliphatic heterocycles. The van der Waals surface area contributed by atoms with E-state index in [4.69, 9.17) is 5.26 Å². The lowest BCUT2D eigenvalue weighted by molar-refractivity contribution is 0.0716. The summed E-state index contributed by atoms with van der Waals surface area (Å²) >= 11 is 0. The predicted molar refractivity (Wildman–Crippen MR) is 77.8 cm³/mol. The molecule has 0 aromatic heterocycles. The van der Waals surface area contributed by atoms with E-state index in [0.29, 0.717) is 24.2 Å². The lowest BCUT2D eigenvalue weighted by atomic mass is 10.2. The van der Waals surface area contributed by atoms with Crippen molar-refractivity contribution in [1.82, 2.24) is 9.21 Å². The van der Waals surface area contributed by atoms with E-state index in [0.717, 1.165) is 0 Å². The topological polar surface area (TPSA) is 64.4 Å². The highest BCUT2D eigenvalue weighted by Gasteiger charge is 2.28. The van der Waals surface area contributed by atoms with Gasteiger partial charge in [0.15, 0.2) is 0 Å². The SMILES string of the molecule is N#Cc1cccc(CS(=O)(=O)N2CCN(CC(F)F)CC2)c1. The molecule has 5 nitrogen and oxygen atoms in total. The number of alkyl halides is 2. The molecular weight excluding hydrogens is 312 g/mol. The second-order valence-electron chi connectivity index (χ2n) is 5.16. The molecule has 120 valence electrons. The van der Waals surface area contributed by atoms with E-state index >= 15 is 0 Å². The third-order valence-electron chi connectivity index (χ3n) is 3.53. The highest BCUT2D eigenvalue weighted by atomic mass is 32.2. The third kappa shape index (κ3) is 4.47. The van der Waals surface area contributed by atoms with Gasteiger partial charge in [-0.2, -0.15) is 9.57 Å². The lowest BCUT2D eigenvalue weighted by Gasteiger charge is -2.33. The van der Waals surface area contributed by atoms with E-state index in [1.54, 1.807) is 29.2 Å². The van der Waals surface area contributed by atoms with Gasteiger partial charge in [0.25, 0.3) is 6.43 Å². The van der Waals surface area contributed by atoms with E-state index in [1.807, 2.05) is 6.07 Å². The van der Waals surface area contributed by atoms with Crippen molar-refractivity contribution in [2.75, 3.05) is 32.7 Å². The summed E-state index contributed by atoms with van der Waals surface area (Å²) in [6.45, 7) is 0.724. The van der Waals surface area contributed by atoms with Crippen LogP contribution in [0.5, 0.6) is 0 Å². The Labute approximate surface area is 128 Å². The number of hydrogen-bond donors (Lipinski definition) is 0. The standard InChI is InChI=1S/C14H17F2N3O2S/c15-14(16)10-18-4-6-19(7-5-18)22(20,21)11-13-3-1-2-12(8-13)9-17/h1-3,8,14H,4-7,10-11H2. The first kappa shape index (κ1) is 16.8. The molecule has 22 heavy (non-hydrogen) atoms. The number of sulfonamides is 1. The Morgan fingerprint density at radius 1 is 1.23 bits per heavy atom. The molecule has 0 bridgehead atoms. The Morgan fingerprint density at radius 2 is 1.91 bits per heavy atom. The van der Waals surface area contributed by atoms with Gasteiger partial charge in [-0.25, -0.2) is 17.2 Å². The minimum atomic E-state index is -3.50. The molecule has 1 aromatic rings. The van der Waals surface area contributed by atoms with Crippen molar-refractivity contribution in [2.24, 2.45) is 0 Å². The van der Waals surface area contributed by atoms with Crippen LogP contribution in [-0.4, -0.2) is 56.8 Å². The highest BCUT2D eigenvalue weighted by Crippen LogP contribution is 2.15. The Bertz CT molecular complexity index is 650. The number of benzene rings is 1. The van der Waals surface area contributed by atoms with Crippen molar-refractivity contribution in [3.8, 4) is 6.07 Å². The van der Waals surface area contributed by atoms with Crippen molar-refractivity contribution in [3.63, 3.8) is 0 Å². The van der Waals surface area contributed by atoms with Crippen LogP contribution in [0, 0.1) is 11.3 Å². The summed E-state index contributed by atoms with van der Waals surface area (Å²) in [6, 6.07) is 8.43. The van der Waals surface area contributed by atoms with Gasteiger partial charge in [0.1, 0.15) is 0 Å². The van der Waals surface area contributed by atoms with Gasteiger partial charge in [0, 0.05) is 26.2 Å². The van der Waals surface area contributed by atoms with Crippen molar-refractivity contribution in [2.45, 2.75) is 12.2 Å². The van der Waals surface area contributed by atoms with Gasteiger partial charge in [-0.05, 0) is 17.7 Å². The van der Waals surface area contributed by atoms with Crippen LogP contribution in [0.4, 0.5) is 8.78 Å². The molecule has 1 heterocycles. The van der Waals surface area contributed by atoms with E-state index < -0.39 is 16.4 Å². The molecular formula is C14H17F2N3O2S. The first-order valence-electron chi connectivity index (χ1n) is 6.88. The quantitative estimate of drug-likeness (QED) is 0.816. The van der Waals surface area contributed by atoms with Gasteiger partial charge in [0.05, 0.1) is 23.9 Å². The molecule has 0 atom stereocenters. The van der Waals surface area contributed by atoms with Crippen LogP contribution in [0.3, 0.4) is 0 Å². The first-order valence-corrected chi connectivity index (χ1v) is 8.49. The van der Waals surface area contributed by atoms with Crippen LogP contribution < -0.4 is 0 Å². The molecule has 1 fully saturated rings. The number of halogens is 2. The predicted octanol–water partition coefficient (Wildman–Crippen LogP) is 1.27. The zero-order valence-electron chi connectivity index (χ0n) is 12.0. The molecule has 1 saturated heterocycles. The van der Waals surface area contributed by atoms with Gasteiger partial charge >= 0.3 is 0 Å². The average Bonchev–Trinajstić information content (AvgIpc) is 2.47. The van der Waals surface area contributed by atoms with E-state index in [-0.39, 0.29) is 25.4 Å². The molecule has 0 radical (unpaired) electrons.